The van der Waals surface area contributed by atoms with Crippen molar-refractivity contribution >= 4 is 35.2 Å². The Hall–Kier alpha value is -3.53. The summed E-state index contributed by atoms with van der Waals surface area (Å²) in [6, 6.07) is 10.1. The molecule has 1 N–H and O–H groups in total. The number of imidazole rings is 1. The Labute approximate surface area is 189 Å². The lowest BCUT2D eigenvalue weighted by atomic mass is 10.1. The molecule has 0 atom stereocenters. The Morgan fingerprint density at radius 2 is 1.72 bits per heavy atom. The lowest BCUT2D eigenvalue weighted by Crippen LogP contribution is -2.50. The fourth-order valence-electron chi connectivity index (χ4n) is 3.37. The molecular formula is C22H23N5O4S. The zero-order chi connectivity index (χ0) is 22.5. The van der Waals surface area contributed by atoms with E-state index in [4.69, 9.17) is 4.42 Å². The van der Waals surface area contributed by atoms with E-state index in [9.17, 15) is 14.4 Å². The average Bonchev–Trinajstić information content (AvgIpc) is 3.49. The SMILES string of the molecule is Cn1ccnc1SCC(=O)Nc1ccc(C(=O)N2CCN(C(=O)c3ccco3)CC2)cc1. The second-order valence-electron chi connectivity index (χ2n) is 7.30. The van der Waals surface area contributed by atoms with E-state index >= 15 is 0 Å². The number of nitrogens with zero attached hydrogens (tertiary/aromatic N) is 4. The molecule has 0 unspecified atom stereocenters. The predicted octanol–water partition coefficient (Wildman–Crippen LogP) is 2.34. The molecule has 3 aromatic rings. The molecule has 1 fully saturated rings. The van der Waals surface area contributed by atoms with Crippen molar-refractivity contribution in [1.82, 2.24) is 19.4 Å². The largest absolute Gasteiger partial charge is 0.459 e. The summed E-state index contributed by atoms with van der Waals surface area (Å²) < 4.78 is 7.02. The van der Waals surface area contributed by atoms with Gasteiger partial charge in [-0.25, -0.2) is 4.98 Å². The van der Waals surface area contributed by atoms with Crippen molar-refractivity contribution in [1.29, 1.82) is 0 Å². The molecule has 0 spiro atoms. The van der Waals surface area contributed by atoms with Crippen LogP contribution in [0, 0.1) is 0 Å². The van der Waals surface area contributed by atoms with Crippen LogP contribution in [0.4, 0.5) is 5.69 Å². The topological polar surface area (TPSA) is 101 Å². The number of amides is 3. The van der Waals surface area contributed by atoms with Crippen molar-refractivity contribution < 1.29 is 18.8 Å². The van der Waals surface area contributed by atoms with Crippen molar-refractivity contribution in [3.8, 4) is 0 Å². The lowest BCUT2D eigenvalue weighted by molar-refractivity contribution is -0.113. The maximum atomic E-state index is 12.8. The summed E-state index contributed by atoms with van der Waals surface area (Å²) in [4.78, 5) is 44.9. The minimum atomic E-state index is -0.164. The normalized spacial score (nSPS) is 13.8. The van der Waals surface area contributed by atoms with E-state index in [2.05, 4.69) is 10.3 Å². The van der Waals surface area contributed by atoms with Crippen molar-refractivity contribution in [3.63, 3.8) is 0 Å². The van der Waals surface area contributed by atoms with Gasteiger partial charge in [-0.1, -0.05) is 11.8 Å². The Morgan fingerprint density at radius 3 is 2.31 bits per heavy atom. The number of rotatable bonds is 6. The standard InChI is InChI=1S/C22H23N5O4S/c1-25-9-8-23-22(25)32-15-19(28)24-17-6-4-16(5-7-17)20(29)26-10-12-27(13-11-26)21(30)18-3-2-14-31-18/h2-9,14H,10-13,15H2,1H3,(H,24,28). The Morgan fingerprint density at radius 1 is 1.03 bits per heavy atom. The molecule has 10 heteroatoms. The van der Waals surface area contributed by atoms with Crippen LogP contribution in [0.3, 0.4) is 0 Å². The molecule has 32 heavy (non-hydrogen) atoms. The van der Waals surface area contributed by atoms with Gasteiger partial charge in [0.25, 0.3) is 11.8 Å². The maximum Gasteiger partial charge on any atom is 0.289 e. The van der Waals surface area contributed by atoms with Crippen LogP contribution >= 0.6 is 11.8 Å². The van der Waals surface area contributed by atoms with Gasteiger partial charge in [0.2, 0.25) is 5.91 Å². The van der Waals surface area contributed by atoms with Gasteiger partial charge in [-0.15, -0.1) is 0 Å². The van der Waals surface area contributed by atoms with Gasteiger partial charge in [-0.2, -0.15) is 0 Å². The molecule has 1 aliphatic rings. The quantitative estimate of drug-likeness (QED) is 0.575. The third-order valence-electron chi connectivity index (χ3n) is 5.11. The molecular weight excluding hydrogens is 430 g/mol. The highest BCUT2D eigenvalue weighted by Crippen LogP contribution is 2.17. The molecule has 1 aromatic carbocycles. The molecule has 3 amide bonds. The first-order valence-electron chi connectivity index (χ1n) is 10.1. The number of carbonyl (C=O) groups excluding carboxylic acids is 3. The minimum absolute atomic E-state index is 0.0988. The summed E-state index contributed by atoms with van der Waals surface area (Å²) in [5, 5.41) is 3.60. The number of carbonyl (C=O) groups is 3. The number of anilines is 1. The number of hydrogen-bond donors (Lipinski definition) is 1. The number of hydrogen-bond acceptors (Lipinski definition) is 6. The van der Waals surface area contributed by atoms with Crippen LogP contribution in [-0.4, -0.2) is 69.0 Å². The fraction of sp³-hybridized carbons (Fsp3) is 0.273. The maximum absolute atomic E-state index is 12.8. The van der Waals surface area contributed by atoms with Gasteiger partial charge < -0.3 is 24.1 Å². The first kappa shape index (κ1) is 21.7. The van der Waals surface area contributed by atoms with Crippen molar-refractivity contribution in [3.05, 3.63) is 66.4 Å². The van der Waals surface area contributed by atoms with E-state index in [0.29, 0.717) is 43.2 Å². The summed E-state index contributed by atoms with van der Waals surface area (Å²) in [5.74, 6) is 0.142. The van der Waals surface area contributed by atoms with Crippen molar-refractivity contribution in [2.24, 2.45) is 7.05 Å². The number of thioether (sulfide) groups is 1. The highest BCUT2D eigenvalue weighted by molar-refractivity contribution is 7.99. The molecule has 2 aromatic heterocycles. The van der Waals surface area contributed by atoms with Gasteiger partial charge in [-0.3, -0.25) is 14.4 Å². The number of benzene rings is 1. The third kappa shape index (κ3) is 5.02. The van der Waals surface area contributed by atoms with Gasteiger partial charge in [0, 0.05) is 56.9 Å². The molecule has 9 nitrogen and oxygen atoms in total. The van der Waals surface area contributed by atoms with Gasteiger partial charge in [-0.05, 0) is 36.4 Å². The van der Waals surface area contributed by atoms with Gasteiger partial charge >= 0.3 is 0 Å². The first-order valence-corrected chi connectivity index (χ1v) is 11.1. The van der Waals surface area contributed by atoms with Crippen LogP contribution in [0.2, 0.25) is 0 Å². The van der Waals surface area contributed by atoms with Crippen LogP contribution in [0.5, 0.6) is 0 Å². The predicted molar refractivity (Wildman–Crippen MR) is 120 cm³/mol. The third-order valence-corrected chi connectivity index (χ3v) is 6.17. The van der Waals surface area contributed by atoms with Crippen LogP contribution in [0.1, 0.15) is 20.9 Å². The second-order valence-corrected chi connectivity index (χ2v) is 8.24. The number of aryl methyl sites for hydroxylation is 1. The highest BCUT2D eigenvalue weighted by Gasteiger charge is 2.26. The van der Waals surface area contributed by atoms with E-state index in [1.165, 1.54) is 18.0 Å². The number of furan rings is 1. The van der Waals surface area contributed by atoms with Crippen LogP contribution in [-0.2, 0) is 11.8 Å². The molecule has 3 heterocycles. The van der Waals surface area contributed by atoms with E-state index in [1.807, 2.05) is 17.8 Å². The molecule has 1 aliphatic heterocycles. The summed E-state index contributed by atoms with van der Waals surface area (Å²) in [6.07, 6.45) is 4.98. The highest BCUT2D eigenvalue weighted by atomic mass is 32.2. The van der Waals surface area contributed by atoms with Crippen LogP contribution < -0.4 is 5.32 Å². The molecule has 1 saturated heterocycles. The van der Waals surface area contributed by atoms with Crippen molar-refractivity contribution in [2.75, 3.05) is 37.2 Å². The molecule has 0 aliphatic carbocycles. The molecule has 0 radical (unpaired) electrons. The van der Waals surface area contributed by atoms with E-state index < -0.39 is 0 Å². The number of nitrogens with one attached hydrogen (secondary N) is 1. The second kappa shape index (κ2) is 9.73. The number of piperazine rings is 1. The summed E-state index contributed by atoms with van der Waals surface area (Å²) in [5.41, 5.74) is 1.16. The van der Waals surface area contributed by atoms with Crippen LogP contribution in [0.25, 0.3) is 0 Å². The zero-order valence-corrected chi connectivity index (χ0v) is 18.4. The van der Waals surface area contributed by atoms with E-state index in [1.54, 1.807) is 52.4 Å². The Kier molecular flexibility index (Phi) is 6.60. The molecule has 4 rings (SSSR count). The monoisotopic (exact) mass is 453 g/mol. The van der Waals surface area contributed by atoms with Gasteiger partial charge in [0.15, 0.2) is 10.9 Å². The molecule has 0 bridgehead atoms. The minimum Gasteiger partial charge on any atom is -0.459 e. The summed E-state index contributed by atoms with van der Waals surface area (Å²) >= 11 is 1.35. The smallest absolute Gasteiger partial charge is 0.289 e. The van der Waals surface area contributed by atoms with Gasteiger partial charge in [0.05, 0.1) is 12.0 Å². The molecule has 0 saturated carbocycles. The van der Waals surface area contributed by atoms with Gasteiger partial charge in [0.1, 0.15) is 0 Å². The van der Waals surface area contributed by atoms with Crippen LogP contribution in [0.15, 0.2) is 64.6 Å². The Bertz CT molecular complexity index is 1090. The zero-order valence-electron chi connectivity index (χ0n) is 17.6. The Balaban J connectivity index is 1.26. The average molecular weight is 454 g/mol. The summed E-state index contributed by atoms with van der Waals surface area (Å²) in [7, 11) is 1.87. The molecule has 166 valence electrons. The lowest BCUT2D eigenvalue weighted by Gasteiger charge is -2.34. The fourth-order valence-corrected chi connectivity index (χ4v) is 4.10. The number of aromatic nitrogens is 2. The van der Waals surface area contributed by atoms with E-state index in [-0.39, 0.29) is 23.5 Å². The summed E-state index contributed by atoms with van der Waals surface area (Å²) in [6.45, 7) is 1.81. The van der Waals surface area contributed by atoms with Crippen molar-refractivity contribution in [2.45, 2.75) is 5.16 Å². The van der Waals surface area contributed by atoms with E-state index in [0.717, 1.165) is 5.16 Å². The first-order chi connectivity index (χ1) is 15.5.